The van der Waals surface area contributed by atoms with E-state index in [1.807, 2.05) is 43.6 Å². The zero-order valence-corrected chi connectivity index (χ0v) is 9.46. The molecule has 0 fully saturated rings. The van der Waals surface area contributed by atoms with Crippen molar-refractivity contribution in [2.75, 3.05) is 0 Å². The van der Waals surface area contributed by atoms with Crippen LogP contribution in [0.3, 0.4) is 0 Å². The normalized spacial score (nSPS) is 13.1. The van der Waals surface area contributed by atoms with E-state index in [-0.39, 0.29) is 0 Å². The molecule has 3 rings (SSSR count). The van der Waals surface area contributed by atoms with E-state index in [2.05, 4.69) is 10.1 Å². The van der Waals surface area contributed by atoms with Gasteiger partial charge in [0, 0.05) is 35.9 Å². The van der Waals surface area contributed by atoms with Crippen molar-refractivity contribution < 1.29 is 5.11 Å². The minimum absolute atomic E-state index is 0.654. The van der Waals surface area contributed by atoms with Gasteiger partial charge in [-0.1, -0.05) is 18.2 Å². The molecule has 86 valence electrons. The minimum atomic E-state index is -0.654. The third kappa shape index (κ3) is 1.54. The highest BCUT2D eigenvalue weighted by molar-refractivity contribution is 5.83. The van der Waals surface area contributed by atoms with E-state index in [0.717, 1.165) is 22.2 Å². The van der Waals surface area contributed by atoms with Gasteiger partial charge in [-0.05, 0) is 12.1 Å². The van der Waals surface area contributed by atoms with Gasteiger partial charge in [-0.25, -0.2) is 0 Å². The molecule has 1 atom stereocenters. The molecule has 0 saturated carbocycles. The molecule has 4 nitrogen and oxygen atoms in total. The summed E-state index contributed by atoms with van der Waals surface area (Å²) >= 11 is 0. The van der Waals surface area contributed by atoms with Gasteiger partial charge in [0.25, 0.3) is 0 Å². The Bertz CT molecular complexity index is 653. The SMILES string of the molecule is Cn1nccc1C(O)c1c[nH]c2ccccc12. The number of rotatable bonds is 2. The van der Waals surface area contributed by atoms with E-state index < -0.39 is 6.10 Å². The second kappa shape index (κ2) is 3.75. The first-order valence-electron chi connectivity index (χ1n) is 5.49. The molecule has 0 spiro atoms. The van der Waals surface area contributed by atoms with Gasteiger partial charge in [0.1, 0.15) is 6.10 Å². The largest absolute Gasteiger partial charge is 0.382 e. The van der Waals surface area contributed by atoms with Gasteiger partial charge in [-0.2, -0.15) is 5.10 Å². The lowest BCUT2D eigenvalue weighted by atomic mass is 10.1. The average Bonchev–Trinajstić information content (AvgIpc) is 2.94. The number of aliphatic hydroxyl groups excluding tert-OH is 1. The quantitative estimate of drug-likeness (QED) is 0.703. The summed E-state index contributed by atoms with van der Waals surface area (Å²) in [5.74, 6) is 0. The van der Waals surface area contributed by atoms with Gasteiger partial charge in [-0.3, -0.25) is 4.68 Å². The Kier molecular flexibility index (Phi) is 2.23. The van der Waals surface area contributed by atoms with Crippen LogP contribution in [0.5, 0.6) is 0 Å². The summed E-state index contributed by atoms with van der Waals surface area (Å²) < 4.78 is 1.69. The van der Waals surface area contributed by atoms with Crippen molar-refractivity contribution in [1.82, 2.24) is 14.8 Å². The molecular formula is C13H13N3O. The zero-order valence-electron chi connectivity index (χ0n) is 9.46. The van der Waals surface area contributed by atoms with Gasteiger partial charge >= 0.3 is 0 Å². The Morgan fingerprint density at radius 2 is 2.12 bits per heavy atom. The van der Waals surface area contributed by atoms with Crippen molar-refractivity contribution in [3.8, 4) is 0 Å². The molecule has 3 aromatic rings. The van der Waals surface area contributed by atoms with E-state index in [1.165, 1.54) is 0 Å². The first-order chi connectivity index (χ1) is 8.27. The molecule has 1 unspecified atom stereocenters. The highest BCUT2D eigenvalue weighted by atomic mass is 16.3. The number of benzene rings is 1. The third-order valence-corrected chi connectivity index (χ3v) is 3.05. The third-order valence-electron chi connectivity index (χ3n) is 3.05. The fourth-order valence-electron chi connectivity index (χ4n) is 2.13. The Morgan fingerprint density at radius 3 is 2.88 bits per heavy atom. The van der Waals surface area contributed by atoms with Crippen molar-refractivity contribution >= 4 is 10.9 Å². The van der Waals surface area contributed by atoms with Crippen LogP contribution < -0.4 is 0 Å². The van der Waals surface area contributed by atoms with E-state index in [4.69, 9.17) is 0 Å². The predicted molar refractivity (Wildman–Crippen MR) is 65.6 cm³/mol. The highest BCUT2D eigenvalue weighted by Gasteiger charge is 2.17. The van der Waals surface area contributed by atoms with Crippen LogP contribution in [-0.2, 0) is 7.05 Å². The Morgan fingerprint density at radius 1 is 1.29 bits per heavy atom. The molecule has 0 aliphatic heterocycles. The van der Waals surface area contributed by atoms with Crippen molar-refractivity contribution in [3.05, 3.63) is 54.0 Å². The number of aromatic amines is 1. The van der Waals surface area contributed by atoms with Gasteiger partial charge < -0.3 is 10.1 Å². The summed E-state index contributed by atoms with van der Waals surface area (Å²) in [7, 11) is 1.83. The number of nitrogens with one attached hydrogen (secondary N) is 1. The summed E-state index contributed by atoms with van der Waals surface area (Å²) in [6.45, 7) is 0. The first-order valence-corrected chi connectivity index (χ1v) is 5.49. The Labute approximate surface area is 98.5 Å². The zero-order chi connectivity index (χ0) is 11.8. The van der Waals surface area contributed by atoms with Crippen LogP contribution in [0.1, 0.15) is 17.4 Å². The number of nitrogens with zero attached hydrogens (tertiary/aromatic N) is 2. The summed E-state index contributed by atoms with van der Waals surface area (Å²) in [4.78, 5) is 3.16. The van der Waals surface area contributed by atoms with Crippen LogP contribution >= 0.6 is 0 Å². The number of para-hydroxylation sites is 1. The number of hydrogen-bond acceptors (Lipinski definition) is 2. The lowest BCUT2D eigenvalue weighted by Crippen LogP contribution is -2.05. The maximum absolute atomic E-state index is 10.4. The molecule has 0 aliphatic carbocycles. The molecular weight excluding hydrogens is 214 g/mol. The van der Waals surface area contributed by atoms with Gasteiger partial charge in [0.2, 0.25) is 0 Å². The number of hydrogen-bond donors (Lipinski definition) is 2. The fourth-order valence-corrected chi connectivity index (χ4v) is 2.13. The number of aryl methyl sites for hydroxylation is 1. The van der Waals surface area contributed by atoms with Crippen LogP contribution in [0.25, 0.3) is 10.9 Å². The maximum atomic E-state index is 10.4. The molecule has 2 aromatic heterocycles. The number of aliphatic hydroxyl groups is 1. The van der Waals surface area contributed by atoms with E-state index in [0.29, 0.717) is 0 Å². The second-order valence-electron chi connectivity index (χ2n) is 4.07. The molecule has 17 heavy (non-hydrogen) atoms. The Balaban J connectivity index is 2.13. The van der Waals surface area contributed by atoms with Crippen molar-refractivity contribution in [1.29, 1.82) is 0 Å². The fraction of sp³-hybridized carbons (Fsp3) is 0.154. The van der Waals surface area contributed by atoms with Gasteiger partial charge in [0.05, 0.1) is 5.69 Å². The van der Waals surface area contributed by atoms with Crippen molar-refractivity contribution in [2.45, 2.75) is 6.10 Å². The van der Waals surface area contributed by atoms with E-state index in [9.17, 15) is 5.11 Å². The van der Waals surface area contributed by atoms with Crippen LogP contribution in [0.15, 0.2) is 42.7 Å². The summed E-state index contributed by atoms with van der Waals surface area (Å²) in [5, 5.41) is 15.5. The molecule has 0 radical (unpaired) electrons. The molecule has 0 amide bonds. The van der Waals surface area contributed by atoms with Crippen LogP contribution in [0, 0.1) is 0 Å². The minimum Gasteiger partial charge on any atom is -0.382 e. The smallest absolute Gasteiger partial charge is 0.123 e. The lowest BCUT2D eigenvalue weighted by Gasteiger charge is -2.09. The highest BCUT2D eigenvalue weighted by Crippen LogP contribution is 2.28. The van der Waals surface area contributed by atoms with Gasteiger partial charge in [-0.15, -0.1) is 0 Å². The molecule has 4 heteroatoms. The van der Waals surface area contributed by atoms with E-state index in [1.54, 1.807) is 10.9 Å². The standard InChI is InChI=1S/C13H13N3O/c1-16-12(6-7-15-16)13(17)10-8-14-11-5-3-2-4-9(10)11/h2-8,13-14,17H,1H3. The van der Waals surface area contributed by atoms with Crippen molar-refractivity contribution in [2.24, 2.45) is 7.05 Å². The van der Waals surface area contributed by atoms with Crippen molar-refractivity contribution in [3.63, 3.8) is 0 Å². The topological polar surface area (TPSA) is 53.8 Å². The molecule has 0 bridgehead atoms. The molecule has 1 aromatic carbocycles. The second-order valence-corrected chi connectivity index (χ2v) is 4.07. The van der Waals surface area contributed by atoms with Gasteiger partial charge in [0.15, 0.2) is 0 Å². The van der Waals surface area contributed by atoms with Crippen LogP contribution in [-0.4, -0.2) is 19.9 Å². The number of H-pyrrole nitrogens is 1. The Hall–Kier alpha value is -2.07. The lowest BCUT2D eigenvalue weighted by molar-refractivity contribution is 0.211. The van der Waals surface area contributed by atoms with E-state index >= 15 is 0 Å². The average molecular weight is 227 g/mol. The molecule has 0 aliphatic rings. The molecule has 2 heterocycles. The molecule has 2 N–H and O–H groups in total. The molecule has 0 saturated heterocycles. The predicted octanol–water partition coefficient (Wildman–Crippen LogP) is 1.98. The van der Waals surface area contributed by atoms with Crippen LogP contribution in [0.2, 0.25) is 0 Å². The number of fused-ring (bicyclic) bond motifs is 1. The number of aromatic nitrogens is 3. The first kappa shape index (κ1) is 10.1. The summed E-state index contributed by atoms with van der Waals surface area (Å²) in [6, 6.07) is 9.76. The monoisotopic (exact) mass is 227 g/mol. The summed E-state index contributed by atoms with van der Waals surface area (Å²) in [6.07, 6.45) is 2.88. The summed E-state index contributed by atoms with van der Waals surface area (Å²) in [5.41, 5.74) is 2.70. The van der Waals surface area contributed by atoms with Crippen LogP contribution in [0.4, 0.5) is 0 Å². The maximum Gasteiger partial charge on any atom is 0.123 e.